The van der Waals surface area contributed by atoms with Crippen LogP contribution in [0, 0.1) is 6.92 Å². The maximum absolute atomic E-state index is 10.9. The molecule has 0 atom stereocenters. The van der Waals surface area contributed by atoms with E-state index in [9.17, 15) is 9.59 Å². The fraction of sp³-hybridized carbons (Fsp3) is 0.333. The van der Waals surface area contributed by atoms with Gasteiger partial charge in [-0.2, -0.15) is 0 Å². The average molecular weight is 182 g/mol. The molecular weight excluding hydrogens is 172 g/mol. The number of ether oxygens (including phenoxy) is 1. The van der Waals surface area contributed by atoms with E-state index in [0.29, 0.717) is 11.5 Å². The molecule has 4 nitrogen and oxygen atoms in total. The van der Waals surface area contributed by atoms with Gasteiger partial charge in [0.1, 0.15) is 5.76 Å². The molecular formula is C9H10O4. The highest BCUT2D eigenvalue weighted by molar-refractivity contribution is 5.92. The zero-order valence-electron chi connectivity index (χ0n) is 7.71. The fourth-order valence-electron chi connectivity index (χ4n) is 0.895. The smallest absolute Gasteiger partial charge is 0.308 e. The van der Waals surface area contributed by atoms with Gasteiger partial charge in [-0.25, -0.2) is 0 Å². The second-order valence-corrected chi connectivity index (χ2v) is 2.68. The SMILES string of the molecule is CC(=O)Oc1cc(C(C)=O)oc1C. The minimum atomic E-state index is -0.431. The first kappa shape index (κ1) is 9.51. The van der Waals surface area contributed by atoms with Gasteiger partial charge in [0.15, 0.2) is 17.3 Å². The molecule has 0 N–H and O–H groups in total. The molecule has 13 heavy (non-hydrogen) atoms. The van der Waals surface area contributed by atoms with E-state index >= 15 is 0 Å². The number of hydrogen-bond acceptors (Lipinski definition) is 4. The summed E-state index contributed by atoms with van der Waals surface area (Å²) in [6.07, 6.45) is 0. The number of Topliss-reactive ketones (excluding diaryl/α,β-unsaturated/α-hetero) is 1. The van der Waals surface area contributed by atoms with Crippen LogP contribution >= 0.6 is 0 Å². The lowest BCUT2D eigenvalue weighted by atomic mass is 10.3. The van der Waals surface area contributed by atoms with Crippen molar-refractivity contribution < 1.29 is 18.7 Å². The van der Waals surface area contributed by atoms with Crippen LogP contribution in [0.2, 0.25) is 0 Å². The third kappa shape index (κ3) is 2.18. The number of aryl methyl sites for hydroxylation is 1. The highest BCUT2D eigenvalue weighted by atomic mass is 16.5. The van der Waals surface area contributed by atoms with Gasteiger partial charge in [0.05, 0.1) is 0 Å². The van der Waals surface area contributed by atoms with Crippen molar-refractivity contribution in [2.75, 3.05) is 0 Å². The molecule has 0 aliphatic rings. The van der Waals surface area contributed by atoms with Crippen LogP contribution < -0.4 is 4.74 Å². The molecule has 1 rings (SSSR count). The predicted octanol–water partition coefficient (Wildman–Crippen LogP) is 1.72. The van der Waals surface area contributed by atoms with Gasteiger partial charge < -0.3 is 9.15 Å². The Hall–Kier alpha value is -1.58. The second-order valence-electron chi connectivity index (χ2n) is 2.68. The summed E-state index contributed by atoms with van der Waals surface area (Å²) in [6.45, 7) is 4.31. The first-order chi connectivity index (χ1) is 6.00. The maximum Gasteiger partial charge on any atom is 0.308 e. The van der Waals surface area contributed by atoms with E-state index in [4.69, 9.17) is 9.15 Å². The van der Waals surface area contributed by atoms with E-state index in [-0.39, 0.29) is 11.5 Å². The van der Waals surface area contributed by atoms with E-state index in [0.717, 1.165) is 0 Å². The second kappa shape index (κ2) is 3.43. The molecule has 0 saturated heterocycles. The Balaban J connectivity index is 2.96. The summed E-state index contributed by atoms with van der Waals surface area (Å²) in [5.41, 5.74) is 0. The van der Waals surface area contributed by atoms with Crippen molar-refractivity contribution in [3.05, 3.63) is 17.6 Å². The lowest BCUT2D eigenvalue weighted by Crippen LogP contribution is -2.01. The molecule has 1 heterocycles. The highest BCUT2D eigenvalue weighted by Gasteiger charge is 2.12. The van der Waals surface area contributed by atoms with Crippen LogP contribution in [-0.4, -0.2) is 11.8 Å². The summed E-state index contributed by atoms with van der Waals surface area (Å²) < 4.78 is 9.84. The minimum Gasteiger partial charge on any atom is -0.454 e. The van der Waals surface area contributed by atoms with Gasteiger partial charge in [0, 0.05) is 19.9 Å². The molecule has 0 aliphatic carbocycles. The molecule has 1 aromatic heterocycles. The Morgan fingerprint density at radius 1 is 1.38 bits per heavy atom. The zero-order valence-corrected chi connectivity index (χ0v) is 7.71. The molecule has 0 saturated carbocycles. The van der Waals surface area contributed by atoms with E-state index < -0.39 is 5.97 Å². The number of hydrogen-bond donors (Lipinski definition) is 0. The normalized spacial score (nSPS) is 9.77. The number of esters is 1. The molecule has 0 bridgehead atoms. The third-order valence-corrected chi connectivity index (χ3v) is 1.47. The number of rotatable bonds is 2. The summed E-state index contributed by atoms with van der Waals surface area (Å²) in [5, 5.41) is 0. The lowest BCUT2D eigenvalue weighted by molar-refractivity contribution is -0.131. The molecule has 1 aromatic rings. The first-order valence-electron chi connectivity index (χ1n) is 3.80. The van der Waals surface area contributed by atoms with E-state index in [1.54, 1.807) is 6.92 Å². The van der Waals surface area contributed by atoms with E-state index in [2.05, 4.69) is 0 Å². The van der Waals surface area contributed by atoms with Crippen LogP contribution in [0.25, 0.3) is 0 Å². The summed E-state index contributed by atoms with van der Waals surface area (Å²) in [7, 11) is 0. The van der Waals surface area contributed by atoms with Crippen molar-refractivity contribution in [1.82, 2.24) is 0 Å². The Labute approximate surface area is 75.5 Å². The summed E-state index contributed by atoms with van der Waals surface area (Å²) >= 11 is 0. The van der Waals surface area contributed by atoms with Crippen molar-refractivity contribution in [2.24, 2.45) is 0 Å². The van der Waals surface area contributed by atoms with Gasteiger partial charge in [-0.3, -0.25) is 9.59 Å². The number of carbonyl (C=O) groups excluding carboxylic acids is 2. The van der Waals surface area contributed by atoms with Crippen LogP contribution in [0.4, 0.5) is 0 Å². The number of furan rings is 1. The maximum atomic E-state index is 10.9. The van der Waals surface area contributed by atoms with Gasteiger partial charge in [-0.15, -0.1) is 0 Å². The monoisotopic (exact) mass is 182 g/mol. The van der Waals surface area contributed by atoms with Crippen LogP contribution in [-0.2, 0) is 4.79 Å². The number of carbonyl (C=O) groups is 2. The van der Waals surface area contributed by atoms with Crippen molar-refractivity contribution in [2.45, 2.75) is 20.8 Å². The van der Waals surface area contributed by atoms with E-state index in [1.807, 2.05) is 0 Å². The van der Waals surface area contributed by atoms with Crippen LogP contribution in [0.3, 0.4) is 0 Å². The largest absolute Gasteiger partial charge is 0.454 e. The average Bonchev–Trinajstić information content (AvgIpc) is 2.31. The van der Waals surface area contributed by atoms with Gasteiger partial charge in [0.2, 0.25) is 0 Å². The van der Waals surface area contributed by atoms with Crippen molar-refractivity contribution in [1.29, 1.82) is 0 Å². The van der Waals surface area contributed by atoms with Gasteiger partial charge >= 0.3 is 5.97 Å². The Morgan fingerprint density at radius 2 is 2.00 bits per heavy atom. The highest BCUT2D eigenvalue weighted by Crippen LogP contribution is 2.22. The van der Waals surface area contributed by atoms with Crippen molar-refractivity contribution >= 4 is 11.8 Å². The van der Waals surface area contributed by atoms with Crippen molar-refractivity contribution in [3.8, 4) is 5.75 Å². The zero-order chi connectivity index (χ0) is 10.0. The number of ketones is 1. The summed E-state index contributed by atoms with van der Waals surface area (Å²) in [6, 6.07) is 1.42. The summed E-state index contributed by atoms with van der Waals surface area (Å²) in [4.78, 5) is 21.5. The van der Waals surface area contributed by atoms with Gasteiger partial charge in [0.25, 0.3) is 0 Å². The van der Waals surface area contributed by atoms with Crippen molar-refractivity contribution in [3.63, 3.8) is 0 Å². The first-order valence-corrected chi connectivity index (χ1v) is 3.80. The Kier molecular flexibility index (Phi) is 2.51. The molecule has 0 fully saturated rings. The van der Waals surface area contributed by atoms with Gasteiger partial charge in [-0.05, 0) is 6.92 Å². The molecule has 4 heteroatoms. The van der Waals surface area contributed by atoms with Crippen LogP contribution in [0.15, 0.2) is 10.5 Å². The van der Waals surface area contributed by atoms with Gasteiger partial charge in [-0.1, -0.05) is 0 Å². The Bertz CT molecular complexity index is 348. The summed E-state index contributed by atoms with van der Waals surface area (Å²) in [5.74, 6) is 0.312. The van der Waals surface area contributed by atoms with Crippen LogP contribution in [0.5, 0.6) is 5.75 Å². The molecule has 0 amide bonds. The molecule has 0 spiro atoms. The van der Waals surface area contributed by atoms with Crippen LogP contribution in [0.1, 0.15) is 30.2 Å². The fourth-order valence-corrected chi connectivity index (χ4v) is 0.895. The minimum absolute atomic E-state index is 0.193. The molecule has 0 radical (unpaired) electrons. The molecule has 0 aromatic carbocycles. The predicted molar refractivity (Wildman–Crippen MR) is 44.8 cm³/mol. The molecule has 0 unspecified atom stereocenters. The standard InChI is InChI=1S/C9H10O4/c1-5(10)8-4-9(6(2)12-8)13-7(3)11/h4H,1-3H3. The van der Waals surface area contributed by atoms with E-state index in [1.165, 1.54) is 19.9 Å². The molecule has 0 aliphatic heterocycles. The lowest BCUT2D eigenvalue weighted by Gasteiger charge is -1.95. The quantitative estimate of drug-likeness (QED) is 0.516. The third-order valence-electron chi connectivity index (χ3n) is 1.47. The Morgan fingerprint density at radius 3 is 2.38 bits per heavy atom. The molecule has 70 valence electrons. The topological polar surface area (TPSA) is 56.5 Å².